The van der Waals surface area contributed by atoms with E-state index in [9.17, 15) is 4.39 Å². The molecule has 0 nitrogen and oxygen atoms in total. The van der Waals surface area contributed by atoms with Gasteiger partial charge in [0.2, 0.25) is 0 Å². The number of halogens is 2. The van der Waals surface area contributed by atoms with Crippen molar-refractivity contribution >= 4 is 11.6 Å². The fraction of sp³-hybridized carbons (Fsp3) is 0.600. The average Bonchev–Trinajstić information content (AvgIpc) is 2.27. The Balaban J connectivity index is 2.08. The molecule has 0 aliphatic heterocycles. The van der Waals surface area contributed by atoms with Crippen molar-refractivity contribution in [3.8, 4) is 0 Å². The first kappa shape index (κ1) is 12.9. The minimum atomic E-state index is -0.148. The number of hydrogen-bond donors (Lipinski definition) is 0. The SMILES string of the molecule is Cc1cc(F)ccc1CC1CC(C)CCC1Cl. The van der Waals surface area contributed by atoms with Crippen LogP contribution in [0.5, 0.6) is 0 Å². The second kappa shape index (κ2) is 5.39. The topological polar surface area (TPSA) is 0 Å². The first-order chi connectivity index (χ1) is 8.06. The summed E-state index contributed by atoms with van der Waals surface area (Å²) >= 11 is 6.41. The second-order valence-corrected chi connectivity index (χ2v) is 6.03. The molecule has 0 aromatic heterocycles. The highest BCUT2D eigenvalue weighted by molar-refractivity contribution is 6.20. The highest BCUT2D eigenvalue weighted by Crippen LogP contribution is 2.35. The van der Waals surface area contributed by atoms with Gasteiger partial charge in [0, 0.05) is 5.38 Å². The van der Waals surface area contributed by atoms with E-state index in [1.54, 1.807) is 12.1 Å². The molecule has 3 atom stereocenters. The van der Waals surface area contributed by atoms with Crippen LogP contribution in [0.4, 0.5) is 4.39 Å². The maximum atomic E-state index is 13.0. The standard InChI is InChI=1S/C15H20ClF/c1-10-3-6-15(16)13(7-10)9-12-4-5-14(17)8-11(12)2/h4-5,8,10,13,15H,3,6-7,9H2,1-2H3. The van der Waals surface area contributed by atoms with Crippen molar-refractivity contribution in [3.63, 3.8) is 0 Å². The normalized spacial score (nSPS) is 29.3. The molecule has 0 N–H and O–H groups in total. The molecule has 0 spiro atoms. The Bertz CT molecular complexity index is 389. The Morgan fingerprint density at radius 2 is 2.12 bits per heavy atom. The maximum Gasteiger partial charge on any atom is 0.123 e. The number of hydrogen-bond acceptors (Lipinski definition) is 0. The first-order valence-corrected chi connectivity index (χ1v) is 6.89. The highest BCUT2D eigenvalue weighted by Gasteiger charge is 2.27. The van der Waals surface area contributed by atoms with E-state index in [0.717, 1.165) is 24.3 Å². The third-order valence-corrected chi connectivity index (χ3v) is 4.51. The van der Waals surface area contributed by atoms with Crippen molar-refractivity contribution in [2.24, 2.45) is 11.8 Å². The fourth-order valence-corrected chi connectivity index (χ4v) is 3.16. The number of benzene rings is 1. The maximum absolute atomic E-state index is 13.0. The summed E-state index contributed by atoms with van der Waals surface area (Å²) in [6, 6.07) is 5.08. The van der Waals surface area contributed by atoms with Crippen LogP contribution in [0.1, 0.15) is 37.3 Å². The molecule has 0 heterocycles. The second-order valence-electron chi connectivity index (χ2n) is 5.47. The van der Waals surface area contributed by atoms with Crippen LogP contribution in [-0.2, 0) is 6.42 Å². The monoisotopic (exact) mass is 254 g/mol. The van der Waals surface area contributed by atoms with Crippen molar-refractivity contribution in [1.29, 1.82) is 0 Å². The fourth-order valence-electron chi connectivity index (χ4n) is 2.84. The van der Waals surface area contributed by atoms with Crippen molar-refractivity contribution in [2.75, 3.05) is 0 Å². The summed E-state index contributed by atoms with van der Waals surface area (Å²) in [5.41, 5.74) is 2.29. The molecule has 2 heteroatoms. The van der Waals surface area contributed by atoms with Crippen molar-refractivity contribution in [3.05, 3.63) is 35.1 Å². The van der Waals surface area contributed by atoms with Crippen molar-refractivity contribution in [1.82, 2.24) is 0 Å². The Morgan fingerprint density at radius 3 is 2.82 bits per heavy atom. The summed E-state index contributed by atoms with van der Waals surface area (Å²) in [4.78, 5) is 0. The van der Waals surface area contributed by atoms with Gasteiger partial charge in [-0.15, -0.1) is 11.6 Å². The molecule has 1 aromatic rings. The average molecular weight is 255 g/mol. The molecule has 1 aliphatic rings. The van der Waals surface area contributed by atoms with E-state index in [1.165, 1.54) is 18.4 Å². The Kier molecular flexibility index (Phi) is 4.09. The third-order valence-electron chi connectivity index (χ3n) is 3.94. The van der Waals surface area contributed by atoms with Gasteiger partial charge in [-0.3, -0.25) is 0 Å². The highest BCUT2D eigenvalue weighted by atomic mass is 35.5. The van der Waals surface area contributed by atoms with Crippen LogP contribution in [0.15, 0.2) is 18.2 Å². The molecule has 1 fully saturated rings. The zero-order valence-corrected chi connectivity index (χ0v) is 11.3. The number of alkyl halides is 1. The molecule has 2 rings (SSSR count). The van der Waals surface area contributed by atoms with Gasteiger partial charge in [0.1, 0.15) is 5.82 Å². The van der Waals surface area contributed by atoms with Gasteiger partial charge < -0.3 is 0 Å². The summed E-state index contributed by atoms with van der Waals surface area (Å²) in [7, 11) is 0. The van der Waals surface area contributed by atoms with Crippen LogP contribution >= 0.6 is 11.6 Å². The van der Waals surface area contributed by atoms with Crippen LogP contribution in [0.25, 0.3) is 0 Å². The molecule has 1 aromatic carbocycles. The van der Waals surface area contributed by atoms with Gasteiger partial charge in [-0.2, -0.15) is 0 Å². The predicted octanol–water partition coefficient (Wildman–Crippen LogP) is 4.72. The lowest BCUT2D eigenvalue weighted by Gasteiger charge is -2.31. The van der Waals surface area contributed by atoms with E-state index in [-0.39, 0.29) is 11.2 Å². The molecular weight excluding hydrogens is 235 g/mol. The summed E-state index contributed by atoms with van der Waals surface area (Å²) in [5, 5.41) is 0.288. The predicted molar refractivity (Wildman–Crippen MR) is 71.0 cm³/mol. The molecule has 94 valence electrons. The van der Waals surface area contributed by atoms with Gasteiger partial charge in [0.05, 0.1) is 0 Å². The van der Waals surface area contributed by atoms with Crippen LogP contribution in [0.3, 0.4) is 0 Å². The van der Waals surface area contributed by atoms with Crippen LogP contribution in [-0.4, -0.2) is 5.38 Å². The van der Waals surface area contributed by atoms with E-state index in [4.69, 9.17) is 11.6 Å². The summed E-state index contributed by atoms with van der Waals surface area (Å²) in [5.74, 6) is 1.17. The molecule has 0 saturated heterocycles. The number of rotatable bonds is 2. The van der Waals surface area contributed by atoms with E-state index in [1.807, 2.05) is 13.0 Å². The first-order valence-electron chi connectivity index (χ1n) is 6.45. The third kappa shape index (κ3) is 3.22. The molecule has 0 amide bonds. The molecule has 3 unspecified atom stereocenters. The Hall–Kier alpha value is -0.560. The van der Waals surface area contributed by atoms with Gasteiger partial charge in [0.15, 0.2) is 0 Å². The van der Waals surface area contributed by atoms with E-state index < -0.39 is 0 Å². The Morgan fingerprint density at radius 1 is 1.35 bits per heavy atom. The van der Waals surface area contributed by atoms with Crippen molar-refractivity contribution in [2.45, 2.75) is 44.9 Å². The lowest BCUT2D eigenvalue weighted by molar-refractivity contribution is 0.287. The lowest BCUT2D eigenvalue weighted by Crippen LogP contribution is -2.26. The zero-order valence-electron chi connectivity index (χ0n) is 10.5. The zero-order chi connectivity index (χ0) is 12.4. The Labute approximate surface area is 108 Å². The molecule has 1 aliphatic carbocycles. The van der Waals surface area contributed by atoms with Crippen molar-refractivity contribution < 1.29 is 4.39 Å². The van der Waals surface area contributed by atoms with Crippen LogP contribution in [0, 0.1) is 24.6 Å². The number of aryl methyl sites for hydroxylation is 1. The molecule has 0 bridgehead atoms. The van der Waals surface area contributed by atoms with E-state index in [0.29, 0.717) is 5.92 Å². The van der Waals surface area contributed by atoms with Gasteiger partial charge in [-0.1, -0.05) is 13.0 Å². The molecule has 1 saturated carbocycles. The minimum absolute atomic E-state index is 0.148. The van der Waals surface area contributed by atoms with E-state index in [2.05, 4.69) is 6.92 Å². The molecule has 17 heavy (non-hydrogen) atoms. The lowest BCUT2D eigenvalue weighted by atomic mass is 9.78. The smallest absolute Gasteiger partial charge is 0.123 e. The molecular formula is C15H20ClF. The molecule has 0 radical (unpaired) electrons. The van der Waals surface area contributed by atoms with Gasteiger partial charge in [0.25, 0.3) is 0 Å². The summed E-state index contributed by atoms with van der Waals surface area (Å²) in [6.45, 7) is 4.28. The van der Waals surface area contributed by atoms with Crippen LogP contribution in [0.2, 0.25) is 0 Å². The quantitative estimate of drug-likeness (QED) is 0.670. The van der Waals surface area contributed by atoms with Gasteiger partial charge in [-0.05, 0) is 67.7 Å². The van der Waals surface area contributed by atoms with E-state index >= 15 is 0 Å². The van der Waals surface area contributed by atoms with Gasteiger partial charge >= 0.3 is 0 Å². The van der Waals surface area contributed by atoms with Crippen LogP contribution < -0.4 is 0 Å². The summed E-state index contributed by atoms with van der Waals surface area (Å²) in [6.07, 6.45) is 4.55. The minimum Gasteiger partial charge on any atom is -0.207 e. The summed E-state index contributed by atoms with van der Waals surface area (Å²) < 4.78 is 13.0. The largest absolute Gasteiger partial charge is 0.207 e. The van der Waals surface area contributed by atoms with Gasteiger partial charge in [-0.25, -0.2) is 4.39 Å².